The second-order valence-corrected chi connectivity index (χ2v) is 7.61. The molecule has 0 atom stereocenters. The summed E-state index contributed by atoms with van der Waals surface area (Å²) in [6, 6.07) is 14.8. The number of pyridine rings is 2. The van der Waals surface area contributed by atoms with Crippen molar-refractivity contribution in [3.05, 3.63) is 71.4 Å². The molecule has 2 aromatic carbocycles. The number of hydrogen-bond acceptors (Lipinski definition) is 3. The molecule has 4 nitrogen and oxygen atoms in total. The van der Waals surface area contributed by atoms with Gasteiger partial charge in [0.1, 0.15) is 23.7 Å². The molecule has 4 aromatic heterocycles. The van der Waals surface area contributed by atoms with Crippen molar-refractivity contribution in [1.29, 1.82) is 0 Å². The van der Waals surface area contributed by atoms with E-state index >= 15 is 0 Å². The molecule has 0 N–H and O–H groups in total. The molecule has 30 heavy (non-hydrogen) atoms. The van der Waals surface area contributed by atoms with Gasteiger partial charge in [-0.05, 0) is 50.0 Å². The molecule has 6 rings (SSSR count). The predicted octanol–water partition coefficient (Wildman–Crippen LogP) is 6.30. The van der Waals surface area contributed by atoms with Crippen molar-refractivity contribution in [3.63, 3.8) is 0 Å². The van der Waals surface area contributed by atoms with E-state index in [2.05, 4.69) is 0 Å². The van der Waals surface area contributed by atoms with E-state index in [-0.39, 0.29) is 11.1 Å². The minimum Gasteiger partial charge on any atom is -0.454 e. The normalized spacial score (nSPS) is 15.8. The van der Waals surface area contributed by atoms with Crippen LogP contribution in [-0.4, -0.2) is 4.98 Å². The van der Waals surface area contributed by atoms with Gasteiger partial charge in [0.15, 0.2) is 22.9 Å². The fourth-order valence-corrected chi connectivity index (χ4v) is 4.19. The molecule has 4 heterocycles. The number of benzene rings is 2. The molecule has 0 saturated heterocycles. The fraction of sp³-hybridized carbons (Fsp3) is 0.154. The van der Waals surface area contributed by atoms with Crippen LogP contribution >= 0.6 is 0 Å². The van der Waals surface area contributed by atoms with E-state index in [1.807, 2.05) is 49.4 Å². The second kappa shape index (κ2) is 5.92. The molecule has 0 aliphatic carbocycles. The molecule has 0 fully saturated rings. The Morgan fingerprint density at radius 1 is 0.833 bits per heavy atom. The first kappa shape index (κ1) is 12.1. The maximum Gasteiger partial charge on any atom is 0.216 e. The number of nitrogens with zero attached hydrogens (tertiary/aromatic N) is 2. The summed E-state index contributed by atoms with van der Waals surface area (Å²) < 4.78 is 61.5. The second-order valence-electron chi connectivity index (χ2n) is 7.61. The summed E-state index contributed by atoms with van der Waals surface area (Å²) in [6.45, 7) is -3.27. The zero-order valence-electron chi connectivity index (χ0n) is 22.4. The van der Waals surface area contributed by atoms with Crippen molar-refractivity contribution in [2.45, 2.75) is 20.6 Å². The quantitative estimate of drug-likeness (QED) is 0.305. The lowest BCUT2D eigenvalue weighted by atomic mass is 9.99. The van der Waals surface area contributed by atoms with Crippen LogP contribution in [0.4, 0.5) is 0 Å². The van der Waals surface area contributed by atoms with Crippen LogP contribution in [-0.2, 0) is 7.05 Å². The summed E-state index contributed by atoms with van der Waals surface area (Å²) in [5.74, 6) is 0. The molecule has 6 aromatic rings. The van der Waals surface area contributed by atoms with Gasteiger partial charge in [0.05, 0.1) is 5.56 Å². The SMILES string of the molecule is [2H]C([2H])([2H])c1cc(-c2c(C)ccc3c2oc2cc4oc5ccccc5c4nc23)[n+](C)cc1C([2H])([2H])[2H]. The summed E-state index contributed by atoms with van der Waals surface area (Å²) >= 11 is 0. The van der Waals surface area contributed by atoms with Crippen LogP contribution in [0.1, 0.15) is 24.9 Å². The maximum atomic E-state index is 7.99. The van der Waals surface area contributed by atoms with Gasteiger partial charge in [-0.15, -0.1) is 0 Å². The lowest BCUT2D eigenvalue weighted by Crippen LogP contribution is -2.31. The molecule has 146 valence electrons. The number of hydrogen-bond donors (Lipinski definition) is 0. The van der Waals surface area contributed by atoms with Crippen LogP contribution in [0.15, 0.2) is 63.6 Å². The average Bonchev–Trinajstić information content (AvgIpc) is 3.33. The predicted molar refractivity (Wildman–Crippen MR) is 120 cm³/mol. The van der Waals surface area contributed by atoms with Gasteiger partial charge in [0.25, 0.3) is 0 Å². The molecular weight excluding hydrogens is 372 g/mol. The molecule has 0 bridgehead atoms. The van der Waals surface area contributed by atoms with E-state index in [0.717, 1.165) is 27.4 Å². The fourth-order valence-electron chi connectivity index (χ4n) is 4.19. The summed E-state index contributed by atoms with van der Waals surface area (Å²) in [7, 11) is 1.70. The Balaban J connectivity index is 1.68. The van der Waals surface area contributed by atoms with Crippen LogP contribution in [0.3, 0.4) is 0 Å². The number of aryl methyl sites for hydroxylation is 4. The number of fused-ring (bicyclic) bond motifs is 6. The molecule has 0 aliphatic rings. The van der Waals surface area contributed by atoms with Crippen molar-refractivity contribution < 1.29 is 21.6 Å². The number of aromatic nitrogens is 2. The van der Waals surface area contributed by atoms with E-state index in [1.54, 1.807) is 11.6 Å². The minimum atomic E-state index is -2.60. The molecule has 4 heteroatoms. The molecule has 0 amide bonds. The van der Waals surface area contributed by atoms with Gasteiger partial charge in [-0.1, -0.05) is 18.2 Å². The molecule has 0 radical (unpaired) electrons. The summed E-state index contributed by atoms with van der Waals surface area (Å²) in [4.78, 5) is 4.89. The number of para-hydroxylation sites is 1. The monoisotopic (exact) mass is 399 g/mol. The van der Waals surface area contributed by atoms with E-state index in [0.29, 0.717) is 33.5 Å². The van der Waals surface area contributed by atoms with E-state index in [4.69, 9.17) is 22.0 Å². The van der Waals surface area contributed by atoms with Crippen LogP contribution in [0, 0.1) is 20.6 Å². The lowest BCUT2D eigenvalue weighted by Gasteiger charge is -2.07. The highest BCUT2D eigenvalue weighted by Crippen LogP contribution is 2.38. The smallest absolute Gasteiger partial charge is 0.216 e. The third-order valence-corrected chi connectivity index (χ3v) is 5.68. The van der Waals surface area contributed by atoms with Crippen LogP contribution in [0.25, 0.3) is 55.4 Å². The molecular formula is C26H21N2O2+. The van der Waals surface area contributed by atoms with Gasteiger partial charge in [0.2, 0.25) is 5.69 Å². The Kier molecular flexibility index (Phi) is 2.40. The van der Waals surface area contributed by atoms with Crippen LogP contribution in [0.5, 0.6) is 0 Å². The summed E-state index contributed by atoms with van der Waals surface area (Å²) in [5.41, 5.74) is 5.51. The van der Waals surface area contributed by atoms with Crippen molar-refractivity contribution >= 4 is 44.1 Å². The van der Waals surface area contributed by atoms with Gasteiger partial charge in [-0.3, -0.25) is 0 Å². The molecule has 0 saturated carbocycles. The maximum absolute atomic E-state index is 7.99. The first-order chi connectivity index (χ1) is 16.9. The summed E-state index contributed by atoms with van der Waals surface area (Å²) in [5, 5.41) is 1.68. The highest BCUT2D eigenvalue weighted by Gasteiger charge is 2.23. The zero-order valence-corrected chi connectivity index (χ0v) is 16.4. The van der Waals surface area contributed by atoms with Gasteiger partial charge in [-0.25, -0.2) is 9.55 Å². The van der Waals surface area contributed by atoms with Crippen LogP contribution < -0.4 is 4.57 Å². The van der Waals surface area contributed by atoms with Gasteiger partial charge < -0.3 is 8.83 Å². The standard InChI is InChI=1S/C26H21N2O2/c1-14-9-10-18-25-22(12-21-24(27-25)17-7-5-6-8-20(17)29-21)30-26(18)23(14)19-11-15(2)16(3)13-28(19)4/h5-13H,1-4H3/q+1/i2D3,3D3. The molecule has 0 aliphatic heterocycles. The first-order valence-corrected chi connectivity index (χ1v) is 9.62. The summed E-state index contributed by atoms with van der Waals surface area (Å²) in [6.07, 6.45) is 1.38. The molecule has 0 unspecified atom stereocenters. The molecule has 0 spiro atoms. The third-order valence-electron chi connectivity index (χ3n) is 5.68. The number of furan rings is 2. The van der Waals surface area contributed by atoms with E-state index in [9.17, 15) is 0 Å². The van der Waals surface area contributed by atoms with Crippen molar-refractivity contribution in [2.75, 3.05) is 0 Å². The third kappa shape index (κ3) is 2.28. The lowest BCUT2D eigenvalue weighted by molar-refractivity contribution is -0.660. The highest BCUT2D eigenvalue weighted by atomic mass is 16.3. The largest absolute Gasteiger partial charge is 0.454 e. The van der Waals surface area contributed by atoms with Crippen molar-refractivity contribution in [1.82, 2.24) is 4.98 Å². The van der Waals surface area contributed by atoms with E-state index in [1.165, 1.54) is 12.3 Å². The van der Waals surface area contributed by atoms with E-state index < -0.39 is 13.7 Å². The minimum absolute atomic E-state index is 0.197. The topological polar surface area (TPSA) is 43.1 Å². The van der Waals surface area contributed by atoms with Crippen molar-refractivity contribution in [2.24, 2.45) is 7.05 Å². The van der Waals surface area contributed by atoms with Gasteiger partial charge in [0, 0.05) is 36.7 Å². The average molecular weight is 400 g/mol. The van der Waals surface area contributed by atoms with Gasteiger partial charge in [-0.2, -0.15) is 0 Å². The Hall–Kier alpha value is -3.66. The highest BCUT2D eigenvalue weighted by molar-refractivity contribution is 6.13. The van der Waals surface area contributed by atoms with Crippen molar-refractivity contribution in [3.8, 4) is 11.3 Å². The Morgan fingerprint density at radius 2 is 1.63 bits per heavy atom. The Morgan fingerprint density at radius 3 is 2.50 bits per heavy atom. The van der Waals surface area contributed by atoms with Gasteiger partial charge >= 0.3 is 0 Å². The van der Waals surface area contributed by atoms with Crippen LogP contribution in [0.2, 0.25) is 0 Å². The Labute approximate surface area is 181 Å². The zero-order chi connectivity index (χ0) is 25.6. The number of rotatable bonds is 1. The Bertz CT molecular complexity index is 1840. The first-order valence-electron chi connectivity index (χ1n) is 12.6.